The molecule has 29 heavy (non-hydrogen) atoms. The Balaban J connectivity index is 1.37. The maximum atomic E-state index is 12.7. The lowest BCUT2D eigenvalue weighted by atomic mass is 10.2. The summed E-state index contributed by atoms with van der Waals surface area (Å²) in [6.45, 7) is 1.93. The van der Waals surface area contributed by atoms with E-state index in [-0.39, 0.29) is 11.6 Å². The summed E-state index contributed by atoms with van der Waals surface area (Å²) in [5.41, 5.74) is 0.899. The highest BCUT2D eigenvalue weighted by Gasteiger charge is 2.22. The van der Waals surface area contributed by atoms with E-state index < -0.39 is 0 Å². The normalized spacial score (nSPS) is 13.8. The average Bonchev–Trinajstić information content (AvgIpc) is 3.25. The zero-order valence-electron chi connectivity index (χ0n) is 16.3. The second-order valence-electron chi connectivity index (χ2n) is 6.96. The van der Waals surface area contributed by atoms with Crippen molar-refractivity contribution in [1.29, 1.82) is 0 Å². The molecule has 1 aromatic carbocycles. The summed E-state index contributed by atoms with van der Waals surface area (Å²) in [5, 5.41) is 8.23. The molecule has 0 unspecified atom stereocenters. The number of rotatable bonds is 6. The summed E-state index contributed by atoms with van der Waals surface area (Å²) < 4.78 is 13.3. The summed E-state index contributed by atoms with van der Waals surface area (Å²) in [6.07, 6.45) is 1.33. The first-order chi connectivity index (χ1) is 14.1. The van der Waals surface area contributed by atoms with E-state index in [4.69, 9.17) is 9.26 Å². The molecular formula is C20H23N5O4. The highest BCUT2D eigenvalue weighted by atomic mass is 16.5. The van der Waals surface area contributed by atoms with Crippen molar-refractivity contribution in [1.82, 2.24) is 24.4 Å². The van der Waals surface area contributed by atoms with Crippen LogP contribution in [0.5, 0.6) is 5.88 Å². The van der Waals surface area contributed by atoms with Gasteiger partial charge in [-0.3, -0.25) is 9.36 Å². The monoisotopic (exact) mass is 397 g/mol. The molecule has 0 aliphatic carbocycles. The highest BCUT2D eigenvalue weighted by molar-refractivity contribution is 5.76. The summed E-state index contributed by atoms with van der Waals surface area (Å²) in [4.78, 5) is 27.1. The van der Waals surface area contributed by atoms with Gasteiger partial charge in [0.15, 0.2) is 0 Å². The van der Waals surface area contributed by atoms with Crippen molar-refractivity contribution in [2.75, 3.05) is 20.2 Å². The minimum absolute atomic E-state index is 0.0238. The van der Waals surface area contributed by atoms with Crippen LogP contribution in [0.15, 0.2) is 45.7 Å². The van der Waals surface area contributed by atoms with Gasteiger partial charge in [-0.1, -0.05) is 30.3 Å². The molecule has 152 valence electrons. The Hall–Kier alpha value is -3.36. The fourth-order valence-electron chi connectivity index (χ4n) is 3.47. The van der Waals surface area contributed by atoms with Gasteiger partial charge in [0.2, 0.25) is 5.91 Å². The van der Waals surface area contributed by atoms with Gasteiger partial charge in [0.05, 0.1) is 13.7 Å². The molecule has 0 saturated carbocycles. The predicted molar refractivity (Wildman–Crippen MR) is 104 cm³/mol. The second kappa shape index (κ2) is 8.34. The van der Waals surface area contributed by atoms with E-state index in [0.717, 1.165) is 11.4 Å². The minimum atomic E-state index is -0.132. The van der Waals surface area contributed by atoms with Gasteiger partial charge in [-0.05, 0) is 10.7 Å². The first kappa shape index (κ1) is 19.0. The lowest BCUT2D eigenvalue weighted by molar-refractivity contribution is -0.131. The number of benzene rings is 1. The lowest BCUT2D eigenvalue weighted by Crippen LogP contribution is -2.35. The molecule has 9 heteroatoms. The van der Waals surface area contributed by atoms with Gasteiger partial charge in [0, 0.05) is 45.0 Å². The number of carbonyl (C=O) groups excluding carboxylic acids is 1. The van der Waals surface area contributed by atoms with Gasteiger partial charge in [0.25, 0.3) is 5.88 Å². The van der Waals surface area contributed by atoms with Gasteiger partial charge in [-0.2, -0.15) is 5.10 Å². The third kappa shape index (κ3) is 4.23. The molecule has 0 atom stereocenters. The van der Waals surface area contributed by atoms with Crippen molar-refractivity contribution in [3.63, 3.8) is 0 Å². The van der Waals surface area contributed by atoms with Crippen LogP contribution in [0.4, 0.5) is 0 Å². The molecule has 0 fully saturated rings. The fourth-order valence-corrected chi connectivity index (χ4v) is 3.47. The average molecular weight is 397 g/mol. The molecule has 1 aliphatic rings. The molecule has 2 aromatic heterocycles. The van der Waals surface area contributed by atoms with Gasteiger partial charge in [0.1, 0.15) is 11.6 Å². The number of nitrogens with zero attached hydrogens (tertiary/aromatic N) is 5. The molecule has 3 heterocycles. The van der Waals surface area contributed by atoms with Crippen molar-refractivity contribution in [2.45, 2.75) is 32.4 Å². The number of methoxy groups -OCH3 is 1. The summed E-state index contributed by atoms with van der Waals surface area (Å²) >= 11 is 0. The highest BCUT2D eigenvalue weighted by Crippen LogP contribution is 2.14. The lowest BCUT2D eigenvalue weighted by Gasteiger charge is -2.19. The third-order valence-electron chi connectivity index (χ3n) is 5.06. The quantitative estimate of drug-likeness (QED) is 0.618. The molecular weight excluding hydrogens is 374 g/mol. The molecule has 4 rings (SSSR count). The number of hydrogen-bond donors (Lipinski definition) is 0. The number of carbonyl (C=O) groups is 1. The first-order valence-electron chi connectivity index (χ1n) is 9.62. The van der Waals surface area contributed by atoms with E-state index in [1.807, 2.05) is 30.3 Å². The molecule has 1 aliphatic heterocycles. The number of ether oxygens (including phenoxy) is 1. The van der Waals surface area contributed by atoms with E-state index in [0.29, 0.717) is 57.1 Å². The van der Waals surface area contributed by atoms with Crippen LogP contribution in [-0.4, -0.2) is 50.5 Å². The zero-order chi connectivity index (χ0) is 20.2. The molecule has 0 radical (unpaired) electrons. The summed E-state index contributed by atoms with van der Waals surface area (Å²) in [7, 11) is 1.52. The van der Waals surface area contributed by atoms with E-state index in [2.05, 4.69) is 10.3 Å². The van der Waals surface area contributed by atoms with Crippen molar-refractivity contribution < 1.29 is 14.1 Å². The predicted octanol–water partition coefficient (Wildman–Crippen LogP) is 1.11. The Bertz CT molecular complexity index is 1040. The molecule has 0 spiro atoms. The van der Waals surface area contributed by atoms with Gasteiger partial charge >= 0.3 is 5.69 Å². The number of amides is 1. The van der Waals surface area contributed by atoms with Crippen LogP contribution >= 0.6 is 0 Å². The Kier molecular flexibility index (Phi) is 5.46. The van der Waals surface area contributed by atoms with Crippen molar-refractivity contribution in [3.05, 3.63) is 64.0 Å². The van der Waals surface area contributed by atoms with Crippen LogP contribution in [0.1, 0.15) is 23.6 Å². The molecule has 9 nitrogen and oxygen atoms in total. The Morgan fingerprint density at radius 2 is 2.03 bits per heavy atom. The van der Waals surface area contributed by atoms with Crippen LogP contribution in [0.25, 0.3) is 0 Å². The van der Waals surface area contributed by atoms with E-state index in [1.165, 1.54) is 11.8 Å². The molecule has 3 aromatic rings. The van der Waals surface area contributed by atoms with Crippen LogP contribution < -0.4 is 10.4 Å². The number of aryl methyl sites for hydroxylation is 1. The zero-order valence-corrected chi connectivity index (χ0v) is 16.3. The maximum absolute atomic E-state index is 12.7. The SMILES string of the molecule is COc1cc(CCC(=O)N2CCc3nn(Cc4ccccc4)c(=O)n3CC2)on1. The smallest absolute Gasteiger partial charge is 0.346 e. The van der Waals surface area contributed by atoms with Gasteiger partial charge < -0.3 is 14.2 Å². The van der Waals surface area contributed by atoms with E-state index in [1.54, 1.807) is 15.5 Å². The van der Waals surface area contributed by atoms with Crippen molar-refractivity contribution in [3.8, 4) is 5.88 Å². The standard InChI is InChI=1S/C20H23N5O4/c1-28-18-13-16(29-22-18)7-8-19(26)23-10-9-17-21-25(20(27)24(17)12-11-23)14-15-5-3-2-4-6-15/h2-6,13H,7-12,14H2,1H3. The van der Waals surface area contributed by atoms with Crippen molar-refractivity contribution in [2.24, 2.45) is 0 Å². The largest absolute Gasteiger partial charge is 0.479 e. The molecule has 1 amide bonds. The number of hydrogen-bond acceptors (Lipinski definition) is 6. The van der Waals surface area contributed by atoms with E-state index in [9.17, 15) is 9.59 Å². The van der Waals surface area contributed by atoms with Crippen LogP contribution in [-0.2, 0) is 30.7 Å². The molecule has 0 bridgehead atoms. The summed E-state index contributed by atoms with van der Waals surface area (Å²) in [5.74, 6) is 1.76. The fraction of sp³-hybridized carbons (Fsp3) is 0.400. The van der Waals surface area contributed by atoms with Crippen LogP contribution in [0.3, 0.4) is 0 Å². The van der Waals surface area contributed by atoms with Gasteiger partial charge in [-0.25, -0.2) is 9.48 Å². The topological polar surface area (TPSA) is 95.4 Å². The Labute approximate surface area is 167 Å². The minimum Gasteiger partial charge on any atom is -0.479 e. The van der Waals surface area contributed by atoms with Crippen LogP contribution in [0, 0.1) is 0 Å². The molecule has 0 saturated heterocycles. The number of fused-ring (bicyclic) bond motifs is 1. The summed E-state index contributed by atoms with van der Waals surface area (Å²) in [6, 6.07) is 11.5. The van der Waals surface area contributed by atoms with Crippen LogP contribution in [0.2, 0.25) is 0 Å². The molecule has 0 N–H and O–H groups in total. The van der Waals surface area contributed by atoms with Gasteiger partial charge in [-0.15, -0.1) is 0 Å². The Morgan fingerprint density at radius 3 is 2.79 bits per heavy atom. The van der Waals surface area contributed by atoms with E-state index >= 15 is 0 Å². The first-order valence-corrected chi connectivity index (χ1v) is 9.62. The second-order valence-corrected chi connectivity index (χ2v) is 6.96. The Morgan fingerprint density at radius 1 is 1.21 bits per heavy atom. The van der Waals surface area contributed by atoms with Crippen molar-refractivity contribution >= 4 is 5.91 Å². The third-order valence-corrected chi connectivity index (χ3v) is 5.06. The maximum Gasteiger partial charge on any atom is 0.346 e. The number of aromatic nitrogens is 4.